The minimum absolute atomic E-state index is 0.113. The van der Waals surface area contributed by atoms with Gasteiger partial charge in [-0.05, 0) is 101 Å². The highest BCUT2D eigenvalue weighted by molar-refractivity contribution is 6.12. The Balaban J connectivity index is 1.12. The van der Waals surface area contributed by atoms with Crippen molar-refractivity contribution >= 4 is 56.6 Å². The lowest BCUT2D eigenvalue weighted by Gasteiger charge is -2.21. The van der Waals surface area contributed by atoms with Gasteiger partial charge in [-0.3, -0.25) is 0 Å². The predicted octanol–water partition coefficient (Wildman–Crippen LogP) is 12.8. The molecule has 5 heteroatoms. The number of nitrogens with zero attached hydrogens (tertiary/aromatic N) is 4. The summed E-state index contributed by atoms with van der Waals surface area (Å²) in [4.78, 5) is 15.0. The molecule has 1 aliphatic carbocycles. The summed E-state index contributed by atoms with van der Waals surface area (Å²) in [6.45, 7) is 17.3. The molecule has 3 aromatic heterocycles. The van der Waals surface area contributed by atoms with Crippen LogP contribution in [0.15, 0.2) is 175 Å². The minimum Gasteiger partial charge on any atom is -0.456 e. The zero-order valence-electron chi connectivity index (χ0n) is 34.8. The van der Waals surface area contributed by atoms with Crippen molar-refractivity contribution in [1.29, 1.82) is 0 Å². The monoisotopic (exact) mass is 788 g/mol. The molecule has 10 rings (SSSR count). The second-order valence-corrected chi connectivity index (χ2v) is 16.3. The van der Waals surface area contributed by atoms with Crippen molar-refractivity contribution in [3.63, 3.8) is 0 Å². The molecule has 6 aromatic carbocycles. The van der Waals surface area contributed by atoms with Gasteiger partial charge in [-0.2, -0.15) is 0 Å². The largest absolute Gasteiger partial charge is 0.456 e. The van der Waals surface area contributed by atoms with Crippen molar-refractivity contribution in [3.05, 3.63) is 204 Å². The number of rotatable bonds is 8. The molecule has 0 bridgehead atoms. The van der Waals surface area contributed by atoms with E-state index in [1.807, 2.05) is 67.6 Å². The average Bonchev–Trinajstić information content (AvgIpc) is 3.89. The minimum atomic E-state index is -0.113. The van der Waals surface area contributed by atoms with Crippen LogP contribution in [0.1, 0.15) is 50.2 Å². The van der Waals surface area contributed by atoms with Gasteiger partial charge < -0.3 is 8.98 Å². The highest BCUT2D eigenvalue weighted by Gasteiger charge is 2.36. The molecule has 3 heterocycles. The van der Waals surface area contributed by atoms with Crippen molar-refractivity contribution in [3.8, 4) is 39.6 Å². The molecular weight excluding hydrogens is 745 g/mol. The van der Waals surface area contributed by atoms with Gasteiger partial charge in [0.05, 0.1) is 10.9 Å². The highest BCUT2D eigenvalue weighted by Crippen LogP contribution is 2.49. The van der Waals surface area contributed by atoms with Crippen LogP contribution in [-0.4, -0.2) is 19.5 Å². The average molecular weight is 789 g/mol. The molecule has 0 radical (unpaired) electrons. The van der Waals surface area contributed by atoms with E-state index < -0.39 is 0 Å². The standard InChI is InChI=1S/C56H44N4O/c1-7-8-11-19-36(3)53-57-54(38-20-12-9-13-21-38)59-55(58-53)42-25-18-27-51-52(42)45-32-39(29-31-50(45)61-51)35(2)28-30-48-37(4)43-33-44-41-24-16-17-26-46(41)56(5,6)47(44)34-49(43)60(48)40-22-14-10-15-23-40/h7-34H,1,4H2,2-3,5-6H3/b11-8-,35-28+,36-19+,48-30+. The van der Waals surface area contributed by atoms with Crippen LogP contribution >= 0.6 is 0 Å². The lowest BCUT2D eigenvalue weighted by Crippen LogP contribution is -2.27. The zero-order valence-corrected chi connectivity index (χ0v) is 34.8. The van der Waals surface area contributed by atoms with Gasteiger partial charge >= 0.3 is 0 Å². The maximum absolute atomic E-state index is 6.48. The summed E-state index contributed by atoms with van der Waals surface area (Å²) >= 11 is 0. The van der Waals surface area contributed by atoms with Crippen LogP contribution < -0.4 is 10.6 Å². The van der Waals surface area contributed by atoms with Gasteiger partial charge in [-0.1, -0.05) is 148 Å². The number of allylic oxidation sites excluding steroid dienone is 7. The van der Waals surface area contributed by atoms with Crippen LogP contribution in [0.4, 0.5) is 0 Å². The number of fused-ring (bicyclic) bond motifs is 7. The molecule has 0 aliphatic heterocycles. The number of aromatic nitrogens is 4. The van der Waals surface area contributed by atoms with Crippen molar-refractivity contribution in [1.82, 2.24) is 19.5 Å². The third kappa shape index (κ3) is 6.37. The Morgan fingerprint density at radius 1 is 0.639 bits per heavy atom. The third-order valence-electron chi connectivity index (χ3n) is 12.1. The van der Waals surface area contributed by atoms with Crippen molar-refractivity contribution in [2.24, 2.45) is 0 Å². The number of hydrogen-bond acceptors (Lipinski definition) is 4. The molecule has 9 aromatic rings. The Bertz CT molecular complexity index is 3430. The van der Waals surface area contributed by atoms with Crippen LogP contribution in [-0.2, 0) is 5.41 Å². The van der Waals surface area contributed by atoms with Gasteiger partial charge in [0.2, 0.25) is 0 Å². The Hall–Kier alpha value is -7.63. The van der Waals surface area contributed by atoms with Crippen molar-refractivity contribution < 1.29 is 4.42 Å². The highest BCUT2D eigenvalue weighted by atomic mass is 16.3. The third-order valence-corrected chi connectivity index (χ3v) is 12.1. The summed E-state index contributed by atoms with van der Waals surface area (Å²) in [5, 5.41) is 5.16. The fraction of sp³-hybridized carbons (Fsp3) is 0.0893. The van der Waals surface area contributed by atoms with Crippen LogP contribution in [0, 0.1) is 0 Å². The molecule has 61 heavy (non-hydrogen) atoms. The second kappa shape index (κ2) is 14.9. The summed E-state index contributed by atoms with van der Waals surface area (Å²) < 4.78 is 8.84. The van der Waals surface area contributed by atoms with Gasteiger partial charge in [0, 0.05) is 43.6 Å². The van der Waals surface area contributed by atoms with Crippen LogP contribution in [0.5, 0.6) is 0 Å². The quantitative estimate of drug-likeness (QED) is 0.144. The normalized spacial score (nSPS) is 14.1. The maximum atomic E-state index is 6.48. The number of benzene rings is 6. The SMILES string of the molecule is C=C/C=C\C=C(/C)c1nc(-c2ccccc2)nc(-c2cccc3oc4ccc(/C(C)=C/C=c5\c(=C)c6cc7c(cc6n5-c5ccccc5)C(C)(C)c5ccccc5-7)cc4c23)n1. The molecule has 5 nitrogen and oxygen atoms in total. The molecule has 0 saturated carbocycles. The second-order valence-electron chi connectivity index (χ2n) is 16.3. The van der Waals surface area contributed by atoms with Gasteiger partial charge in [0.25, 0.3) is 0 Å². The van der Waals surface area contributed by atoms with E-state index in [0.717, 1.165) is 76.9 Å². The molecule has 0 amide bonds. The van der Waals surface area contributed by atoms with Crippen LogP contribution in [0.25, 0.3) is 96.2 Å². The summed E-state index contributed by atoms with van der Waals surface area (Å²) in [5.41, 5.74) is 13.9. The summed E-state index contributed by atoms with van der Waals surface area (Å²) in [7, 11) is 0. The first-order chi connectivity index (χ1) is 29.7. The smallest absolute Gasteiger partial charge is 0.164 e. The Labute approximate surface area is 355 Å². The van der Waals surface area contributed by atoms with Gasteiger partial charge in [0.15, 0.2) is 17.5 Å². The van der Waals surface area contributed by atoms with E-state index in [1.165, 1.54) is 22.3 Å². The number of hydrogen-bond donors (Lipinski definition) is 0. The van der Waals surface area contributed by atoms with E-state index in [4.69, 9.17) is 25.9 Å². The van der Waals surface area contributed by atoms with E-state index in [2.05, 4.69) is 135 Å². The van der Waals surface area contributed by atoms with E-state index in [9.17, 15) is 0 Å². The summed E-state index contributed by atoms with van der Waals surface area (Å²) in [6, 6.07) is 46.7. The van der Waals surface area contributed by atoms with E-state index >= 15 is 0 Å². The molecule has 0 spiro atoms. The van der Waals surface area contributed by atoms with E-state index in [-0.39, 0.29) is 5.41 Å². The first-order valence-corrected chi connectivity index (χ1v) is 20.7. The Kier molecular flexibility index (Phi) is 9.18. The number of furan rings is 1. The van der Waals surface area contributed by atoms with Crippen LogP contribution in [0.3, 0.4) is 0 Å². The molecule has 0 atom stereocenters. The number of para-hydroxylation sites is 1. The molecule has 0 unspecified atom stereocenters. The molecule has 294 valence electrons. The molecule has 0 fully saturated rings. The Morgan fingerprint density at radius 2 is 1.38 bits per heavy atom. The summed E-state index contributed by atoms with van der Waals surface area (Å²) in [6.07, 6.45) is 12.0. The maximum Gasteiger partial charge on any atom is 0.164 e. The molecule has 0 N–H and O–H groups in total. The fourth-order valence-corrected chi connectivity index (χ4v) is 8.90. The molecule has 1 aliphatic rings. The Morgan fingerprint density at radius 3 is 2.18 bits per heavy atom. The van der Waals surface area contributed by atoms with E-state index in [1.54, 1.807) is 6.08 Å². The lowest BCUT2D eigenvalue weighted by atomic mass is 9.82. The zero-order chi connectivity index (χ0) is 41.8. The van der Waals surface area contributed by atoms with E-state index in [0.29, 0.717) is 17.5 Å². The fourth-order valence-electron chi connectivity index (χ4n) is 8.90. The van der Waals surface area contributed by atoms with Crippen molar-refractivity contribution in [2.75, 3.05) is 0 Å². The van der Waals surface area contributed by atoms with Crippen LogP contribution in [0.2, 0.25) is 0 Å². The molecular formula is C56H44N4O. The first kappa shape index (κ1) is 37.6. The topological polar surface area (TPSA) is 56.7 Å². The predicted molar refractivity (Wildman–Crippen MR) is 255 cm³/mol. The summed E-state index contributed by atoms with van der Waals surface area (Å²) in [5.74, 6) is 1.79. The van der Waals surface area contributed by atoms with Gasteiger partial charge in [-0.15, -0.1) is 0 Å². The lowest BCUT2D eigenvalue weighted by molar-refractivity contribution is 0.661. The van der Waals surface area contributed by atoms with Gasteiger partial charge in [0.1, 0.15) is 11.2 Å². The van der Waals surface area contributed by atoms with Crippen molar-refractivity contribution in [2.45, 2.75) is 33.1 Å². The molecule has 0 saturated heterocycles. The van der Waals surface area contributed by atoms with Gasteiger partial charge in [-0.25, -0.2) is 15.0 Å². The first-order valence-electron chi connectivity index (χ1n) is 20.7.